The quantitative estimate of drug-likeness (QED) is 0.383. The molecule has 2 bridgehead atoms. The van der Waals surface area contributed by atoms with Crippen molar-refractivity contribution in [3.63, 3.8) is 0 Å². The van der Waals surface area contributed by atoms with Crippen LogP contribution in [0.4, 0.5) is 19.1 Å². The number of fused-ring (bicyclic) bond motifs is 7. The number of pyridine rings is 1. The van der Waals surface area contributed by atoms with Gasteiger partial charge in [-0.05, 0) is 43.0 Å². The predicted molar refractivity (Wildman–Crippen MR) is 123 cm³/mol. The molecule has 0 aliphatic carbocycles. The number of aryl methyl sites for hydroxylation is 1. The predicted octanol–water partition coefficient (Wildman–Crippen LogP) is 4.91. The monoisotopic (exact) mass is 484 g/mol. The van der Waals surface area contributed by atoms with E-state index in [0.29, 0.717) is 24.5 Å². The molecule has 1 aliphatic rings. The Balaban J connectivity index is 1.66. The Labute approximate surface area is 198 Å². The maximum atomic E-state index is 13.7. The summed E-state index contributed by atoms with van der Waals surface area (Å²) in [6.45, 7) is 3.02. The van der Waals surface area contributed by atoms with E-state index in [0.717, 1.165) is 24.4 Å². The third-order valence-corrected chi connectivity index (χ3v) is 5.99. The first-order valence-corrected chi connectivity index (χ1v) is 11.2. The Morgan fingerprint density at radius 3 is 2.77 bits per heavy atom. The molecule has 0 radical (unpaired) electrons. The van der Waals surface area contributed by atoms with Crippen LogP contribution < -0.4 is 10.1 Å². The van der Waals surface area contributed by atoms with E-state index in [9.17, 15) is 18.0 Å². The lowest BCUT2D eigenvalue weighted by Gasteiger charge is -2.16. The number of imidazole rings is 1. The normalized spacial score (nSPS) is 17.1. The van der Waals surface area contributed by atoms with Crippen molar-refractivity contribution in [2.24, 2.45) is 13.0 Å². The summed E-state index contributed by atoms with van der Waals surface area (Å²) >= 11 is 0. The Morgan fingerprint density at radius 2 is 1.97 bits per heavy atom. The van der Waals surface area contributed by atoms with Crippen LogP contribution in [0.1, 0.15) is 35.8 Å². The highest BCUT2D eigenvalue weighted by Crippen LogP contribution is 2.34. The summed E-state index contributed by atoms with van der Waals surface area (Å²) in [5.74, 6) is 0.0833. The molecule has 1 aliphatic heterocycles. The molecule has 5 rings (SSSR count). The first-order valence-electron chi connectivity index (χ1n) is 11.2. The van der Waals surface area contributed by atoms with Crippen molar-refractivity contribution in [3.8, 4) is 17.1 Å². The third-order valence-electron chi connectivity index (χ3n) is 5.99. The maximum absolute atomic E-state index is 13.7. The number of hydrogen-bond acceptors (Lipinski definition) is 5. The molecule has 3 aromatic heterocycles. The number of para-hydroxylation sites is 2. The average Bonchev–Trinajstić information content (AvgIpc) is 3.35. The highest BCUT2D eigenvalue weighted by atomic mass is 19.4. The van der Waals surface area contributed by atoms with Gasteiger partial charge in [0.1, 0.15) is 5.69 Å². The van der Waals surface area contributed by atoms with Crippen molar-refractivity contribution >= 4 is 22.9 Å². The van der Waals surface area contributed by atoms with Crippen molar-refractivity contribution in [1.82, 2.24) is 24.3 Å². The van der Waals surface area contributed by atoms with E-state index in [1.165, 1.54) is 16.9 Å². The number of carbonyl (C=O) groups is 1. The standard InChI is InChI=1S/C24H23F3N6O2/c1-14-6-5-9-35-22-16(12-28-32(22)2)18-10-15(11-20(29-18)24(25,26)27)21(34)31-23-30-17-7-3-4-8-19(17)33(23)13-14/h3-4,7-8,10-12,14H,5-6,9,13H2,1-2H3,(H,30,31,34)/t14-/m1/s1. The topological polar surface area (TPSA) is 86.9 Å². The van der Waals surface area contributed by atoms with Crippen LogP contribution in [0.5, 0.6) is 5.88 Å². The molecule has 0 saturated carbocycles. The Hall–Kier alpha value is -3.89. The number of nitrogens with one attached hydrogen (secondary N) is 1. The minimum absolute atomic E-state index is 0.0511. The maximum Gasteiger partial charge on any atom is 0.433 e. The van der Waals surface area contributed by atoms with Crippen molar-refractivity contribution < 1.29 is 22.7 Å². The fourth-order valence-electron chi connectivity index (χ4n) is 4.25. The van der Waals surface area contributed by atoms with Gasteiger partial charge in [-0.15, -0.1) is 0 Å². The smallest absolute Gasteiger partial charge is 0.433 e. The molecule has 1 N–H and O–H groups in total. The number of ether oxygens (including phenoxy) is 1. The van der Waals surface area contributed by atoms with E-state index >= 15 is 0 Å². The minimum Gasteiger partial charge on any atom is -0.477 e. The van der Waals surface area contributed by atoms with Gasteiger partial charge in [-0.25, -0.2) is 14.6 Å². The molecular formula is C24H23F3N6O2. The molecule has 8 nitrogen and oxygen atoms in total. The van der Waals surface area contributed by atoms with Crippen LogP contribution in [0.15, 0.2) is 42.6 Å². The van der Waals surface area contributed by atoms with Gasteiger partial charge in [-0.1, -0.05) is 19.1 Å². The SMILES string of the molecule is C[C@@H]1CCCOc2c(cnn2C)-c2cc(cc(C(F)(F)F)n2)C(=O)Nc2nc3ccccc3n2C1. The molecule has 0 spiro atoms. The van der Waals surface area contributed by atoms with Gasteiger partial charge in [0.05, 0.1) is 35.1 Å². The molecule has 1 amide bonds. The fraction of sp³-hybridized carbons (Fsp3) is 0.333. The number of amides is 1. The molecule has 182 valence electrons. The lowest BCUT2D eigenvalue weighted by Crippen LogP contribution is -2.19. The molecular weight excluding hydrogens is 461 g/mol. The van der Waals surface area contributed by atoms with Gasteiger partial charge in [-0.3, -0.25) is 10.1 Å². The van der Waals surface area contributed by atoms with Crippen molar-refractivity contribution in [2.75, 3.05) is 11.9 Å². The van der Waals surface area contributed by atoms with Crippen LogP contribution in [0, 0.1) is 5.92 Å². The van der Waals surface area contributed by atoms with Gasteiger partial charge >= 0.3 is 6.18 Å². The van der Waals surface area contributed by atoms with E-state index in [1.807, 2.05) is 28.8 Å². The zero-order valence-electron chi connectivity index (χ0n) is 19.1. The summed E-state index contributed by atoms with van der Waals surface area (Å²) in [4.78, 5) is 21.5. The van der Waals surface area contributed by atoms with Gasteiger partial charge in [0.15, 0.2) is 0 Å². The van der Waals surface area contributed by atoms with Gasteiger partial charge in [0.25, 0.3) is 5.91 Å². The fourth-order valence-corrected chi connectivity index (χ4v) is 4.25. The van der Waals surface area contributed by atoms with E-state index in [4.69, 9.17) is 4.74 Å². The first-order chi connectivity index (χ1) is 16.7. The van der Waals surface area contributed by atoms with Crippen molar-refractivity contribution in [1.29, 1.82) is 0 Å². The van der Waals surface area contributed by atoms with Gasteiger partial charge in [0.2, 0.25) is 11.8 Å². The van der Waals surface area contributed by atoms with E-state index in [1.54, 1.807) is 7.05 Å². The van der Waals surface area contributed by atoms with Crippen molar-refractivity contribution in [2.45, 2.75) is 32.5 Å². The lowest BCUT2D eigenvalue weighted by atomic mass is 10.1. The molecule has 1 aromatic carbocycles. The van der Waals surface area contributed by atoms with Crippen LogP contribution in [-0.2, 0) is 19.8 Å². The summed E-state index contributed by atoms with van der Waals surface area (Å²) < 4.78 is 50.4. The average molecular weight is 484 g/mol. The molecule has 0 unspecified atom stereocenters. The first kappa shape index (κ1) is 22.9. The summed E-state index contributed by atoms with van der Waals surface area (Å²) in [6, 6.07) is 9.50. The second-order valence-corrected chi connectivity index (χ2v) is 8.70. The molecule has 35 heavy (non-hydrogen) atoms. The Bertz CT molecular complexity index is 1410. The van der Waals surface area contributed by atoms with Crippen LogP contribution >= 0.6 is 0 Å². The molecule has 11 heteroatoms. The van der Waals surface area contributed by atoms with Crippen molar-refractivity contribution in [3.05, 3.63) is 53.9 Å². The molecule has 4 heterocycles. The molecule has 0 fully saturated rings. The number of hydrogen-bond donors (Lipinski definition) is 1. The van der Waals surface area contributed by atoms with Crippen LogP contribution in [0.2, 0.25) is 0 Å². The zero-order chi connectivity index (χ0) is 24.7. The highest BCUT2D eigenvalue weighted by molar-refractivity contribution is 6.04. The van der Waals surface area contributed by atoms with Crippen LogP contribution in [0.25, 0.3) is 22.3 Å². The molecule has 1 atom stereocenters. The van der Waals surface area contributed by atoms with Crippen LogP contribution in [-0.4, -0.2) is 36.8 Å². The molecule has 4 aromatic rings. The van der Waals surface area contributed by atoms with E-state index < -0.39 is 17.8 Å². The van der Waals surface area contributed by atoms with E-state index in [2.05, 4.69) is 27.3 Å². The number of aromatic nitrogens is 5. The van der Waals surface area contributed by atoms with Gasteiger partial charge < -0.3 is 9.30 Å². The number of rotatable bonds is 0. The number of nitrogens with zero attached hydrogens (tertiary/aromatic N) is 5. The van der Waals surface area contributed by atoms with Gasteiger partial charge in [0, 0.05) is 19.2 Å². The lowest BCUT2D eigenvalue weighted by molar-refractivity contribution is -0.141. The summed E-state index contributed by atoms with van der Waals surface area (Å²) in [7, 11) is 1.64. The van der Waals surface area contributed by atoms with E-state index in [-0.39, 0.29) is 28.7 Å². The number of benzene rings is 1. The highest BCUT2D eigenvalue weighted by Gasteiger charge is 2.34. The number of alkyl halides is 3. The Morgan fingerprint density at radius 1 is 1.17 bits per heavy atom. The Kier molecular flexibility index (Phi) is 5.70. The number of halogens is 3. The number of anilines is 1. The third kappa shape index (κ3) is 4.45. The largest absolute Gasteiger partial charge is 0.477 e. The molecule has 0 saturated heterocycles. The van der Waals surface area contributed by atoms with Gasteiger partial charge in [-0.2, -0.15) is 18.3 Å². The summed E-state index contributed by atoms with van der Waals surface area (Å²) in [6.07, 6.45) is -1.81. The number of carbonyl (C=O) groups excluding carboxylic acids is 1. The zero-order valence-corrected chi connectivity index (χ0v) is 19.1. The minimum atomic E-state index is -4.75. The second kappa shape index (κ2) is 8.71. The summed E-state index contributed by atoms with van der Waals surface area (Å²) in [5.41, 5.74) is 0.374. The van der Waals surface area contributed by atoms with Crippen LogP contribution in [0.3, 0.4) is 0 Å². The summed E-state index contributed by atoms with van der Waals surface area (Å²) in [5, 5.41) is 6.85. The second-order valence-electron chi connectivity index (χ2n) is 8.70.